The second kappa shape index (κ2) is 15.9. The number of anilines is 2. The van der Waals surface area contributed by atoms with Crippen molar-refractivity contribution in [2.24, 2.45) is 0 Å². The maximum absolute atomic E-state index is 12.9. The zero-order chi connectivity index (χ0) is 25.4. The molecule has 0 amide bonds. The first-order valence-corrected chi connectivity index (χ1v) is 11.0. The van der Waals surface area contributed by atoms with Crippen LogP contribution in [0.3, 0.4) is 0 Å². The third-order valence-corrected chi connectivity index (χ3v) is 4.43. The summed E-state index contributed by atoms with van der Waals surface area (Å²) in [7, 11) is 0. The Morgan fingerprint density at radius 3 is 2.06 bits per heavy atom. The van der Waals surface area contributed by atoms with Gasteiger partial charge in [0.05, 0.1) is 69.7 Å². The number of hydrogen-bond donors (Lipinski definition) is 1. The average Bonchev–Trinajstić information content (AvgIpc) is 2.84. The maximum atomic E-state index is 12.9. The molecule has 0 radical (unpaired) electrons. The van der Waals surface area contributed by atoms with Gasteiger partial charge in [-0.3, -0.25) is 0 Å². The number of ether oxygens (including phenoxy) is 5. The standard InChI is InChI=1S/C25H30F3NO6/c1-2-10-31-11-12-32-13-14-33-15-16-34-17-18-35-24(30)22-8-3-4-9-23(22)29-21-7-5-6-20(19-21)25(26,27)28/h2-9,19,29H,1,10-18H2. The van der Waals surface area contributed by atoms with Gasteiger partial charge >= 0.3 is 12.1 Å². The second-order valence-electron chi connectivity index (χ2n) is 7.09. The van der Waals surface area contributed by atoms with Crippen molar-refractivity contribution in [3.05, 3.63) is 72.3 Å². The quantitative estimate of drug-likeness (QED) is 0.190. The third-order valence-electron chi connectivity index (χ3n) is 4.43. The average molecular weight is 498 g/mol. The van der Waals surface area contributed by atoms with Gasteiger partial charge in [0, 0.05) is 5.69 Å². The van der Waals surface area contributed by atoms with Gasteiger partial charge in [-0.15, -0.1) is 6.58 Å². The highest BCUT2D eigenvalue weighted by atomic mass is 19.4. The molecule has 0 bridgehead atoms. The smallest absolute Gasteiger partial charge is 0.416 e. The van der Waals surface area contributed by atoms with E-state index in [1.807, 2.05) is 0 Å². The highest BCUT2D eigenvalue weighted by Gasteiger charge is 2.30. The predicted octanol–water partition coefficient (Wildman–Crippen LogP) is 4.86. The highest BCUT2D eigenvalue weighted by Crippen LogP contribution is 2.32. The van der Waals surface area contributed by atoms with Crippen LogP contribution in [0.25, 0.3) is 0 Å². The van der Waals surface area contributed by atoms with Crippen LogP contribution in [0.2, 0.25) is 0 Å². The van der Waals surface area contributed by atoms with Gasteiger partial charge in [0.2, 0.25) is 0 Å². The molecule has 0 saturated carbocycles. The summed E-state index contributed by atoms with van der Waals surface area (Å²) in [6.45, 7) is 6.79. The number of halogens is 3. The summed E-state index contributed by atoms with van der Waals surface area (Å²) in [4.78, 5) is 12.5. The molecular formula is C25H30F3NO6. The maximum Gasteiger partial charge on any atom is 0.416 e. The van der Waals surface area contributed by atoms with Gasteiger partial charge in [0.15, 0.2) is 0 Å². The third kappa shape index (κ3) is 11.4. The molecule has 2 aromatic rings. The molecule has 192 valence electrons. The van der Waals surface area contributed by atoms with Gasteiger partial charge in [-0.25, -0.2) is 4.79 Å². The van der Waals surface area contributed by atoms with Crippen molar-refractivity contribution in [3.63, 3.8) is 0 Å². The Morgan fingerprint density at radius 1 is 0.829 bits per heavy atom. The number of carbonyl (C=O) groups is 1. The summed E-state index contributed by atoms with van der Waals surface area (Å²) in [6, 6.07) is 11.1. The Labute approximate surface area is 202 Å². The minimum atomic E-state index is -4.46. The van der Waals surface area contributed by atoms with Crippen molar-refractivity contribution in [2.45, 2.75) is 6.18 Å². The number of esters is 1. The van der Waals surface area contributed by atoms with Crippen LogP contribution in [-0.2, 0) is 29.9 Å². The van der Waals surface area contributed by atoms with E-state index in [1.165, 1.54) is 18.2 Å². The van der Waals surface area contributed by atoms with Crippen LogP contribution < -0.4 is 5.32 Å². The summed E-state index contributed by atoms with van der Waals surface area (Å²) in [6.07, 6.45) is -2.79. The first-order chi connectivity index (χ1) is 16.9. The van der Waals surface area contributed by atoms with Crippen LogP contribution >= 0.6 is 0 Å². The van der Waals surface area contributed by atoms with E-state index in [0.29, 0.717) is 51.9 Å². The number of nitrogens with one attached hydrogen (secondary N) is 1. The predicted molar refractivity (Wildman–Crippen MR) is 125 cm³/mol. The normalized spacial score (nSPS) is 11.3. The summed E-state index contributed by atoms with van der Waals surface area (Å²) in [5.74, 6) is -0.617. The highest BCUT2D eigenvalue weighted by molar-refractivity contribution is 5.96. The van der Waals surface area contributed by atoms with E-state index in [2.05, 4.69) is 11.9 Å². The van der Waals surface area contributed by atoms with Gasteiger partial charge in [-0.05, 0) is 30.3 Å². The van der Waals surface area contributed by atoms with Gasteiger partial charge < -0.3 is 29.0 Å². The molecule has 0 unspecified atom stereocenters. The van der Waals surface area contributed by atoms with E-state index in [9.17, 15) is 18.0 Å². The summed E-state index contributed by atoms with van der Waals surface area (Å²) < 4.78 is 65.3. The molecule has 7 nitrogen and oxygen atoms in total. The molecule has 2 aromatic carbocycles. The molecule has 0 fully saturated rings. The molecule has 10 heteroatoms. The van der Waals surface area contributed by atoms with Crippen molar-refractivity contribution in [1.82, 2.24) is 0 Å². The Morgan fingerprint density at radius 2 is 1.43 bits per heavy atom. The number of rotatable bonds is 17. The van der Waals surface area contributed by atoms with Gasteiger partial charge in [0.25, 0.3) is 0 Å². The van der Waals surface area contributed by atoms with Crippen LogP contribution in [0.4, 0.5) is 24.5 Å². The molecule has 0 aliphatic rings. The lowest BCUT2D eigenvalue weighted by Gasteiger charge is -2.13. The van der Waals surface area contributed by atoms with Crippen molar-refractivity contribution in [2.75, 3.05) is 64.8 Å². The molecule has 0 aliphatic carbocycles. The summed E-state index contributed by atoms with van der Waals surface area (Å²) in [5.41, 5.74) is -0.0522. The fraction of sp³-hybridized carbons (Fsp3) is 0.400. The minimum Gasteiger partial charge on any atom is -0.460 e. The second-order valence-corrected chi connectivity index (χ2v) is 7.09. The summed E-state index contributed by atoms with van der Waals surface area (Å²) >= 11 is 0. The number of para-hydroxylation sites is 1. The van der Waals surface area contributed by atoms with E-state index in [4.69, 9.17) is 23.7 Å². The number of benzene rings is 2. The molecule has 0 atom stereocenters. The van der Waals surface area contributed by atoms with Gasteiger partial charge in [-0.1, -0.05) is 24.3 Å². The zero-order valence-electron chi connectivity index (χ0n) is 19.4. The van der Waals surface area contributed by atoms with Crippen LogP contribution in [0.15, 0.2) is 61.2 Å². The Kier molecular flexibility index (Phi) is 12.8. The fourth-order valence-corrected chi connectivity index (χ4v) is 2.80. The zero-order valence-corrected chi connectivity index (χ0v) is 19.4. The van der Waals surface area contributed by atoms with Gasteiger partial charge in [-0.2, -0.15) is 13.2 Å². The topological polar surface area (TPSA) is 75.2 Å². The van der Waals surface area contributed by atoms with Crippen molar-refractivity contribution in [1.29, 1.82) is 0 Å². The van der Waals surface area contributed by atoms with Gasteiger partial charge in [0.1, 0.15) is 6.61 Å². The summed E-state index contributed by atoms with van der Waals surface area (Å²) in [5, 5.41) is 2.85. The van der Waals surface area contributed by atoms with Crippen LogP contribution in [0.1, 0.15) is 15.9 Å². The molecular weight excluding hydrogens is 467 g/mol. The fourth-order valence-electron chi connectivity index (χ4n) is 2.80. The van der Waals surface area contributed by atoms with E-state index < -0.39 is 17.7 Å². The molecule has 0 heterocycles. The number of alkyl halides is 3. The van der Waals surface area contributed by atoms with E-state index in [1.54, 1.807) is 24.3 Å². The first kappa shape index (κ1) is 28.3. The van der Waals surface area contributed by atoms with Crippen molar-refractivity contribution in [3.8, 4) is 0 Å². The molecule has 0 aromatic heterocycles. The minimum absolute atomic E-state index is 0.0184. The molecule has 0 saturated heterocycles. The monoisotopic (exact) mass is 497 g/mol. The molecule has 2 rings (SSSR count). The molecule has 0 spiro atoms. The lowest BCUT2D eigenvalue weighted by molar-refractivity contribution is -0.137. The Hall–Kier alpha value is -2.92. The Bertz CT molecular complexity index is 907. The number of hydrogen-bond acceptors (Lipinski definition) is 7. The van der Waals surface area contributed by atoms with Crippen LogP contribution in [0, 0.1) is 0 Å². The molecule has 1 N–H and O–H groups in total. The first-order valence-electron chi connectivity index (χ1n) is 11.0. The lowest BCUT2D eigenvalue weighted by atomic mass is 10.1. The van der Waals surface area contributed by atoms with Crippen molar-refractivity contribution < 1.29 is 41.7 Å². The molecule has 0 aliphatic heterocycles. The van der Waals surface area contributed by atoms with E-state index >= 15 is 0 Å². The van der Waals surface area contributed by atoms with Crippen LogP contribution in [0.5, 0.6) is 0 Å². The largest absolute Gasteiger partial charge is 0.460 e. The molecule has 35 heavy (non-hydrogen) atoms. The lowest BCUT2D eigenvalue weighted by Crippen LogP contribution is -2.15. The van der Waals surface area contributed by atoms with E-state index in [-0.39, 0.29) is 24.5 Å². The number of carbonyl (C=O) groups excluding carboxylic acids is 1. The van der Waals surface area contributed by atoms with Crippen LogP contribution in [-0.4, -0.2) is 65.4 Å². The van der Waals surface area contributed by atoms with Crippen molar-refractivity contribution >= 4 is 17.3 Å². The SMILES string of the molecule is C=CCOCCOCCOCCOCCOC(=O)c1ccccc1Nc1cccc(C(F)(F)F)c1. The Balaban J connectivity index is 1.64. The van der Waals surface area contributed by atoms with E-state index in [0.717, 1.165) is 12.1 Å².